The van der Waals surface area contributed by atoms with E-state index in [1.165, 1.54) is 6.20 Å². The van der Waals surface area contributed by atoms with Gasteiger partial charge in [-0.05, 0) is 49.9 Å². The van der Waals surface area contributed by atoms with Crippen LogP contribution < -0.4 is 15.0 Å². The predicted octanol–water partition coefficient (Wildman–Crippen LogP) is 5.18. The maximum atomic E-state index is 15.6. The van der Waals surface area contributed by atoms with E-state index in [-0.39, 0.29) is 12.3 Å². The van der Waals surface area contributed by atoms with Crippen LogP contribution in [0.3, 0.4) is 0 Å². The van der Waals surface area contributed by atoms with Crippen molar-refractivity contribution in [1.29, 1.82) is 0 Å². The van der Waals surface area contributed by atoms with Crippen LogP contribution in [0.25, 0.3) is 22.3 Å². The number of nitrogens with zero attached hydrogens (tertiary/aromatic N) is 5. The van der Waals surface area contributed by atoms with E-state index in [4.69, 9.17) is 19.2 Å². The molecule has 1 N–H and O–H groups in total. The van der Waals surface area contributed by atoms with Crippen molar-refractivity contribution in [3.63, 3.8) is 0 Å². The molecule has 0 saturated carbocycles. The molecule has 0 radical (unpaired) electrons. The molecule has 0 spiro atoms. The van der Waals surface area contributed by atoms with Gasteiger partial charge in [0.05, 0.1) is 49.3 Å². The molecule has 0 bridgehead atoms. The number of pyridine rings is 2. The number of anilines is 2. The second kappa shape index (κ2) is 11.2. The van der Waals surface area contributed by atoms with Crippen LogP contribution in [0.15, 0.2) is 48.8 Å². The van der Waals surface area contributed by atoms with Gasteiger partial charge < -0.3 is 24.4 Å². The molecule has 4 aromatic rings. The zero-order valence-corrected chi connectivity index (χ0v) is 22.3. The molecule has 0 amide bonds. The van der Waals surface area contributed by atoms with Gasteiger partial charge in [0.15, 0.2) is 12.0 Å². The summed E-state index contributed by atoms with van der Waals surface area (Å²) in [6.07, 6.45) is 5.80. The fourth-order valence-corrected chi connectivity index (χ4v) is 5.32. The summed E-state index contributed by atoms with van der Waals surface area (Å²) in [5, 5.41) is 8.43. The minimum absolute atomic E-state index is 0.129. The van der Waals surface area contributed by atoms with Gasteiger partial charge in [-0.25, -0.2) is 19.0 Å². The lowest BCUT2D eigenvalue weighted by atomic mass is 10.1. The number of benzene rings is 1. The van der Waals surface area contributed by atoms with Crippen LogP contribution in [0, 0.1) is 5.82 Å². The fraction of sp³-hybridized carbons (Fsp3) is 0.414. The fourth-order valence-electron chi connectivity index (χ4n) is 5.32. The zero-order chi connectivity index (χ0) is 26.8. The first-order chi connectivity index (χ1) is 19.1. The van der Waals surface area contributed by atoms with Gasteiger partial charge in [0.1, 0.15) is 22.8 Å². The number of halogens is 1. The molecule has 0 aliphatic carbocycles. The minimum Gasteiger partial charge on any atom is -0.497 e. The monoisotopic (exact) mass is 532 g/mol. The highest BCUT2D eigenvalue weighted by atomic mass is 19.1. The first-order valence-corrected chi connectivity index (χ1v) is 13.5. The predicted molar refractivity (Wildman–Crippen MR) is 148 cm³/mol. The summed E-state index contributed by atoms with van der Waals surface area (Å²) in [5.74, 6) is 1.11. The van der Waals surface area contributed by atoms with Crippen LogP contribution >= 0.6 is 0 Å². The average molecular weight is 533 g/mol. The Hall–Kier alpha value is -3.76. The molecule has 5 heterocycles. The number of methoxy groups -OCH3 is 1. The van der Waals surface area contributed by atoms with Crippen molar-refractivity contribution in [2.24, 2.45) is 0 Å². The van der Waals surface area contributed by atoms with Crippen LogP contribution in [0.4, 0.5) is 15.9 Å². The van der Waals surface area contributed by atoms with Gasteiger partial charge in [-0.15, -0.1) is 0 Å². The molecule has 39 heavy (non-hydrogen) atoms. The van der Waals surface area contributed by atoms with Gasteiger partial charge in [-0.2, -0.15) is 5.10 Å². The van der Waals surface area contributed by atoms with Crippen molar-refractivity contribution >= 4 is 22.4 Å². The normalized spacial score (nSPS) is 19.8. The average Bonchev–Trinajstić information content (AvgIpc) is 3.47. The maximum Gasteiger partial charge on any atom is 0.153 e. The Morgan fingerprint density at radius 3 is 2.79 bits per heavy atom. The lowest BCUT2D eigenvalue weighted by Gasteiger charge is -2.34. The van der Waals surface area contributed by atoms with E-state index in [0.717, 1.165) is 42.1 Å². The van der Waals surface area contributed by atoms with Gasteiger partial charge in [-0.1, -0.05) is 12.1 Å². The van der Waals surface area contributed by atoms with Crippen LogP contribution in [0.2, 0.25) is 0 Å². The van der Waals surface area contributed by atoms with E-state index >= 15 is 4.39 Å². The number of rotatable bonds is 7. The summed E-state index contributed by atoms with van der Waals surface area (Å²) in [5.41, 5.74) is 3.52. The largest absolute Gasteiger partial charge is 0.497 e. The zero-order valence-electron chi connectivity index (χ0n) is 22.3. The van der Waals surface area contributed by atoms with Crippen LogP contribution in [0.5, 0.6) is 5.75 Å². The summed E-state index contributed by atoms with van der Waals surface area (Å²) in [4.78, 5) is 11.8. The molecule has 204 valence electrons. The number of aromatic nitrogens is 4. The van der Waals surface area contributed by atoms with Crippen molar-refractivity contribution in [3.8, 4) is 17.1 Å². The minimum atomic E-state index is -0.431. The first-order valence-electron chi connectivity index (χ1n) is 13.5. The Morgan fingerprint density at radius 2 is 2.03 bits per heavy atom. The van der Waals surface area contributed by atoms with Crippen LogP contribution in [0.1, 0.15) is 38.0 Å². The standard InChI is InChI=1S/C29H33FN6O3/c1-19-18-38-14-12-35(19)25-15-23(31-16-20-6-8-21(37-2)9-7-20)27-22(30)17-32-28(29(27)34-25)24-10-11-33-36(24)26-5-3-4-13-39-26/h6-11,15,17,19,26H,3-5,12-14,16,18H2,1-2H3,(H,31,34)/t19-,26?/m1/s1. The number of fused-ring (bicyclic) bond motifs is 1. The molecule has 2 aliphatic rings. The third kappa shape index (κ3) is 5.14. The van der Waals surface area contributed by atoms with E-state index in [1.807, 2.05) is 41.1 Å². The maximum absolute atomic E-state index is 15.6. The number of ether oxygens (including phenoxy) is 3. The van der Waals surface area contributed by atoms with Crippen molar-refractivity contribution in [2.75, 3.05) is 43.7 Å². The smallest absolute Gasteiger partial charge is 0.153 e. The second-order valence-corrected chi connectivity index (χ2v) is 10.0. The molecule has 10 heteroatoms. The van der Waals surface area contributed by atoms with Crippen molar-refractivity contribution in [2.45, 2.75) is 45.0 Å². The number of hydrogen-bond donors (Lipinski definition) is 1. The highest BCUT2D eigenvalue weighted by molar-refractivity contribution is 6.00. The van der Waals surface area contributed by atoms with Crippen molar-refractivity contribution in [1.82, 2.24) is 19.7 Å². The van der Waals surface area contributed by atoms with Crippen molar-refractivity contribution in [3.05, 3.63) is 60.2 Å². The topological polar surface area (TPSA) is 86.6 Å². The molecule has 3 aromatic heterocycles. The lowest BCUT2D eigenvalue weighted by molar-refractivity contribution is -0.0383. The first kappa shape index (κ1) is 25.5. The molecule has 1 unspecified atom stereocenters. The molecule has 2 aliphatic heterocycles. The highest BCUT2D eigenvalue weighted by Crippen LogP contribution is 2.37. The molecule has 2 atom stereocenters. The summed E-state index contributed by atoms with van der Waals surface area (Å²) >= 11 is 0. The van der Waals surface area contributed by atoms with Crippen LogP contribution in [-0.2, 0) is 16.0 Å². The quantitative estimate of drug-likeness (QED) is 0.349. The van der Waals surface area contributed by atoms with E-state index in [0.29, 0.717) is 55.2 Å². The molecule has 1 aromatic carbocycles. The summed E-state index contributed by atoms with van der Waals surface area (Å²) in [6.45, 7) is 5.22. The Kier molecular flexibility index (Phi) is 7.30. The van der Waals surface area contributed by atoms with E-state index in [1.54, 1.807) is 13.3 Å². The second-order valence-electron chi connectivity index (χ2n) is 10.0. The van der Waals surface area contributed by atoms with E-state index in [9.17, 15) is 0 Å². The van der Waals surface area contributed by atoms with E-state index < -0.39 is 5.82 Å². The van der Waals surface area contributed by atoms with Gasteiger partial charge in [0.2, 0.25) is 0 Å². The molecular weight excluding hydrogens is 499 g/mol. The van der Waals surface area contributed by atoms with Gasteiger partial charge in [0.25, 0.3) is 0 Å². The molecule has 9 nitrogen and oxygen atoms in total. The number of hydrogen-bond acceptors (Lipinski definition) is 8. The van der Waals surface area contributed by atoms with Crippen LogP contribution in [-0.4, -0.2) is 59.3 Å². The third-order valence-corrected chi connectivity index (χ3v) is 7.42. The Balaban J connectivity index is 1.46. The molecular formula is C29H33FN6O3. The summed E-state index contributed by atoms with van der Waals surface area (Å²) in [6, 6.07) is 11.8. The van der Waals surface area contributed by atoms with Gasteiger partial charge in [-0.3, -0.25) is 0 Å². The molecule has 2 fully saturated rings. The van der Waals surface area contributed by atoms with Gasteiger partial charge in [0, 0.05) is 32.0 Å². The Morgan fingerprint density at radius 1 is 1.15 bits per heavy atom. The van der Waals surface area contributed by atoms with Gasteiger partial charge >= 0.3 is 0 Å². The Labute approximate surface area is 226 Å². The van der Waals surface area contributed by atoms with E-state index in [2.05, 4.69) is 27.2 Å². The number of morpholine rings is 1. The number of nitrogens with one attached hydrogen (secondary N) is 1. The molecule has 6 rings (SSSR count). The Bertz CT molecular complexity index is 1440. The summed E-state index contributed by atoms with van der Waals surface area (Å²) in [7, 11) is 1.64. The SMILES string of the molecule is COc1ccc(CNc2cc(N3CCOC[C@H]3C)nc3c(-c4ccnn4C4CCCCO4)ncc(F)c23)cc1. The third-order valence-electron chi connectivity index (χ3n) is 7.42. The highest BCUT2D eigenvalue weighted by Gasteiger charge is 2.26. The lowest BCUT2D eigenvalue weighted by Crippen LogP contribution is -2.44. The summed E-state index contributed by atoms with van der Waals surface area (Å²) < 4.78 is 34.4. The molecule has 2 saturated heterocycles. The van der Waals surface area contributed by atoms with Crippen molar-refractivity contribution < 1.29 is 18.6 Å².